The molecule has 0 aliphatic rings. The Kier molecular flexibility index (Phi) is 3.79. The summed E-state index contributed by atoms with van der Waals surface area (Å²) in [7, 11) is 1.92. The van der Waals surface area contributed by atoms with Gasteiger partial charge >= 0.3 is 0 Å². The molecule has 0 spiro atoms. The zero-order valence-electron chi connectivity index (χ0n) is 12.1. The van der Waals surface area contributed by atoms with Crippen molar-refractivity contribution in [1.82, 2.24) is 9.78 Å². The second kappa shape index (κ2) is 5.34. The minimum atomic E-state index is 0.198. The number of nitrogens with one attached hydrogen (secondary N) is 1. The number of nitrogen functional groups attached to an aromatic ring is 1. The van der Waals surface area contributed by atoms with E-state index in [1.54, 1.807) is 0 Å². The van der Waals surface area contributed by atoms with Crippen LogP contribution in [0, 0.1) is 6.92 Å². The third-order valence-corrected chi connectivity index (χ3v) is 3.50. The van der Waals surface area contributed by atoms with Crippen LogP contribution in [0.3, 0.4) is 0 Å². The Bertz CT molecular complexity index is 572. The van der Waals surface area contributed by atoms with Gasteiger partial charge in [0.15, 0.2) is 0 Å². The Morgan fingerprint density at radius 2 is 2.05 bits per heavy atom. The molecule has 1 heterocycles. The van der Waals surface area contributed by atoms with Crippen LogP contribution in [0.2, 0.25) is 0 Å². The van der Waals surface area contributed by atoms with Gasteiger partial charge in [-0.3, -0.25) is 4.68 Å². The lowest BCUT2D eigenvalue weighted by atomic mass is 10.0. The van der Waals surface area contributed by atoms with Gasteiger partial charge in [-0.15, -0.1) is 0 Å². The van der Waals surface area contributed by atoms with E-state index in [9.17, 15) is 0 Å². The molecule has 0 saturated carbocycles. The molecule has 1 unspecified atom stereocenters. The van der Waals surface area contributed by atoms with Crippen LogP contribution in [0.5, 0.6) is 0 Å². The molecule has 3 N–H and O–H groups in total. The fraction of sp³-hybridized carbons (Fsp3) is 0.400. The largest absolute Gasteiger partial charge is 0.394 e. The van der Waals surface area contributed by atoms with E-state index in [1.807, 2.05) is 11.7 Å². The van der Waals surface area contributed by atoms with Crippen LogP contribution in [0.15, 0.2) is 24.3 Å². The molecule has 1 aromatic carbocycles. The van der Waals surface area contributed by atoms with E-state index in [-0.39, 0.29) is 6.04 Å². The molecule has 0 bridgehead atoms. The smallest absolute Gasteiger partial charge is 0.148 e. The Morgan fingerprint density at radius 1 is 1.37 bits per heavy atom. The molecule has 102 valence electrons. The van der Waals surface area contributed by atoms with Crippen molar-refractivity contribution in [3.05, 3.63) is 41.1 Å². The maximum atomic E-state index is 6.13. The van der Waals surface area contributed by atoms with Gasteiger partial charge in [0.05, 0.1) is 17.4 Å². The second-order valence-corrected chi connectivity index (χ2v) is 4.91. The van der Waals surface area contributed by atoms with Gasteiger partial charge in [0.2, 0.25) is 0 Å². The van der Waals surface area contributed by atoms with Crippen molar-refractivity contribution in [1.29, 1.82) is 0 Å². The van der Waals surface area contributed by atoms with E-state index < -0.39 is 0 Å². The number of nitrogens with zero attached hydrogens (tertiary/aromatic N) is 2. The van der Waals surface area contributed by atoms with E-state index in [0.717, 1.165) is 23.6 Å². The lowest BCUT2D eigenvalue weighted by Gasteiger charge is -2.18. The normalized spacial score (nSPS) is 12.4. The molecule has 0 aliphatic heterocycles. The first-order valence-corrected chi connectivity index (χ1v) is 6.68. The molecule has 4 heteroatoms. The molecular weight excluding hydrogens is 236 g/mol. The zero-order chi connectivity index (χ0) is 14.0. The van der Waals surface area contributed by atoms with Crippen LogP contribution in [0.1, 0.15) is 36.7 Å². The van der Waals surface area contributed by atoms with Crippen LogP contribution in [0.4, 0.5) is 11.5 Å². The van der Waals surface area contributed by atoms with Crippen molar-refractivity contribution >= 4 is 11.5 Å². The summed E-state index contributed by atoms with van der Waals surface area (Å²) in [6.45, 7) is 6.32. The van der Waals surface area contributed by atoms with E-state index in [2.05, 4.69) is 55.5 Å². The van der Waals surface area contributed by atoms with E-state index in [4.69, 9.17) is 5.73 Å². The first-order valence-electron chi connectivity index (χ1n) is 6.68. The number of hydrogen-bond acceptors (Lipinski definition) is 3. The number of nitrogens with two attached hydrogens (primary N) is 1. The Balaban J connectivity index is 2.27. The van der Waals surface area contributed by atoms with Gasteiger partial charge in [0.1, 0.15) is 5.82 Å². The first-order chi connectivity index (χ1) is 9.04. The van der Waals surface area contributed by atoms with Gasteiger partial charge < -0.3 is 11.1 Å². The molecule has 19 heavy (non-hydrogen) atoms. The maximum Gasteiger partial charge on any atom is 0.148 e. The Labute approximate surface area is 114 Å². The number of benzene rings is 1. The minimum Gasteiger partial charge on any atom is -0.394 e. The molecule has 0 radical (unpaired) electrons. The SMILES string of the molecule is CCc1nn(C)c(NC(C)c2ccccc2C)c1N. The number of anilines is 2. The summed E-state index contributed by atoms with van der Waals surface area (Å²) in [4.78, 5) is 0. The summed E-state index contributed by atoms with van der Waals surface area (Å²) in [6.07, 6.45) is 0.847. The quantitative estimate of drug-likeness (QED) is 0.886. The third kappa shape index (κ3) is 2.57. The zero-order valence-corrected chi connectivity index (χ0v) is 12.1. The van der Waals surface area contributed by atoms with Gasteiger partial charge in [-0.05, 0) is 31.4 Å². The van der Waals surface area contributed by atoms with Crippen molar-refractivity contribution < 1.29 is 0 Å². The van der Waals surface area contributed by atoms with Crippen LogP contribution in [0.25, 0.3) is 0 Å². The molecule has 0 fully saturated rings. The molecule has 0 amide bonds. The average Bonchev–Trinajstić information content (AvgIpc) is 2.66. The molecular formula is C15H22N4. The lowest BCUT2D eigenvalue weighted by Crippen LogP contribution is -2.12. The molecule has 0 aliphatic carbocycles. The summed E-state index contributed by atoms with van der Waals surface area (Å²) in [5, 5.41) is 7.89. The van der Waals surface area contributed by atoms with Gasteiger partial charge in [-0.25, -0.2) is 0 Å². The standard InChI is InChI=1S/C15H22N4/c1-5-13-14(16)15(19(4)18-13)17-11(3)12-9-7-6-8-10(12)2/h6-9,11,17H,5,16H2,1-4H3. The van der Waals surface area contributed by atoms with Crippen molar-refractivity contribution in [3.63, 3.8) is 0 Å². The molecule has 4 nitrogen and oxygen atoms in total. The average molecular weight is 258 g/mol. The highest BCUT2D eigenvalue weighted by Gasteiger charge is 2.15. The van der Waals surface area contributed by atoms with Gasteiger partial charge in [0.25, 0.3) is 0 Å². The van der Waals surface area contributed by atoms with Crippen molar-refractivity contribution in [3.8, 4) is 0 Å². The number of aryl methyl sites for hydroxylation is 3. The highest BCUT2D eigenvalue weighted by Crippen LogP contribution is 2.27. The van der Waals surface area contributed by atoms with E-state index >= 15 is 0 Å². The molecule has 2 aromatic rings. The van der Waals surface area contributed by atoms with Gasteiger partial charge in [-0.2, -0.15) is 5.10 Å². The van der Waals surface area contributed by atoms with Crippen LogP contribution < -0.4 is 11.1 Å². The molecule has 1 aromatic heterocycles. The fourth-order valence-corrected chi connectivity index (χ4v) is 2.38. The topological polar surface area (TPSA) is 55.9 Å². The lowest BCUT2D eigenvalue weighted by molar-refractivity contribution is 0.734. The molecule has 0 saturated heterocycles. The summed E-state index contributed by atoms with van der Waals surface area (Å²) in [5.41, 5.74) is 10.4. The summed E-state index contributed by atoms with van der Waals surface area (Å²) >= 11 is 0. The van der Waals surface area contributed by atoms with Crippen molar-refractivity contribution in [2.75, 3.05) is 11.1 Å². The Hall–Kier alpha value is -1.97. The third-order valence-electron chi connectivity index (χ3n) is 3.50. The molecule has 2 rings (SSSR count). The predicted molar refractivity (Wildman–Crippen MR) is 80.2 cm³/mol. The highest BCUT2D eigenvalue weighted by atomic mass is 15.3. The monoisotopic (exact) mass is 258 g/mol. The summed E-state index contributed by atoms with van der Waals surface area (Å²) in [6, 6.07) is 8.57. The Morgan fingerprint density at radius 3 is 2.63 bits per heavy atom. The molecule has 1 atom stereocenters. The van der Waals surface area contributed by atoms with E-state index in [0.29, 0.717) is 0 Å². The maximum absolute atomic E-state index is 6.13. The van der Waals surface area contributed by atoms with Crippen LogP contribution in [-0.2, 0) is 13.5 Å². The predicted octanol–water partition coefficient (Wildman–Crippen LogP) is 3.05. The summed E-state index contributed by atoms with van der Waals surface area (Å²) in [5.74, 6) is 0.896. The number of rotatable bonds is 4. The van der Waals surface area contributed by atoms with Crippen LogP contribution in [-0.4, -0.2) is 9.78 Å². The fourth-order valence-electron chi connectivity index (χ4n) is 2.38. The van der Waals surface area contributed by atoms with Crippen molar-refractivity contribution in [2.24, 2.45) is 7.05 Å². The second-order valence-electron chi connectivity index (χ2n) is 4.91. The minimum absolute atomic E-state index is 0.198. The first kappa shape index (κ1) is 13.5. The van der Waals surface area contributed by atoms with Gasteiger partial charge in [-0.1, -0.05) is 31.2 Å². The van der Waals surface area contributed by atoms with Gasteiger partial charge in [0, 0.05) is 7.05 Å². The summed E-state index contributed by atoms with van der Waals surface area (Å²) < 4.78 is 1.82. The number of aromatic nitrogens is 2. The van der Waals surface area contributed by atoms with Crippen LogP contribution >= 0.6 is 0 Å². The number of hydrogen-bond donors (Lipinski definition) is 2. The van der Waals surface area contributed by atoms with E-state index in [1.165, 1.54) is 11.1 Å². The highest BCUT2D eigenvalue weighted by molar-refractivity contribution is 5.65. The van der Waals surface area contributed by atoms with Crippen molar-refractivity contribution in [2.45, 2.75) is 33.2 Å².